The molecule has 5 N–H and O–H groups in total. The number of esters is 1. The van der Waals surface area contributed by atoms with Crippen LogP contribution >= 0.6 is 0 Å². The predicted molar refractivity (Wildman–Crippen MR) is 536 cm³/mol. The van der Waals surface area contributed by atoms with Crippen molar-refractivity contribution in [1.82, 2.24) is 0 Å². The molecule has 4 saturated heterocycles. The smallest absolute Gasteiger partial charge is 0.415 e. The minimum atomic E-state index is -1.18. The first-order valence-electron chi connectivity index (χ1n) is 46.5. The molecule has 0 saturated carbocycles. The van der Waals surface area contributed by atoms with Gasteiger partial charge in [-0.3, -0.25) is 29.2 Å². The molecule has 15 aromatic rings. The zero-order valence-electron chi connectivity index (χ0n) is 78.1. The lowest BCUT2D eigenvalue weighted by atomic mass is 9.94. The largest absolute Gasteiger partial charge is 0.508 e. The zero-order valence-corrected chi connectivity index (χ0v) is 78.1. The van der Waals surface area contributed by atoms with Crippen LogP contribution in [0.2, 0.25) is 0 Å². The lowest BCUT2D eigenvalue weighted by Crippen LogP contribution is -2.33. The van der Waals surface area contributed by atoms with Gasteiger partial charge in [-0.2, -0.15) is 0 Å². The van der Waals surface area contributed by atoms with Crippen molar-refractivity contribution in [2.75, 3.05) is 26.7 Å². The van der Waals surface area contributed by atoms with Crippen LogP contribution in [0, 0.1) is 17.5 Å². The summed E-state index contributed by atoms with van der Waals surface area (Å²) in [5.74, 6) is -0.824. The second-order valence-corrected chi connectivity index (χ2v) is 33.9. The summed E-state index contributed by atoms with van der Waals surface area (Å²) in [4.78, 5) is 96.1. The van der Waals surface area contributed by atoms with E-state index in [1.54, 1.807) is 95.9 Å². The first-order valence-corrected chi connectivity index (χ1v) is 46.5. The molecule has 4 heterocycles. The Bertz CT molecular complexity index is 6960. The molecular formula is C117H99F3N4O21. The number of hydrogen-bond donors (Lipinski definition) is 5. The number of aliphatic hydroxyl groups excluding tert-OH is 1. The molecule has 0 aromatic heterocycles. The van der Waals surface area contributed by atoms with E-state index >= 15 is 0 Å². The molecular weight excluding hydrogens is 1850 g/mol. The van der Waals surface area contributed by atoms with E-state index in [1.807, 2.05) is 200 Å². The summed E-state index contributed by atoms with van der Waals surface area (Å²) in [7, 11) is 1.27. The van der Waals surface area contributed by atoms with E-state index in [4.69, 9.17) is 42.6 Å². The quantitative estimate of drug-likeness (QED) is 0.0113. The Hall–Kier alpha value is -17.9. The maximum Gasteiger partial charge on any atom is 0.415 e. The van der Waals surface area contributed by atoms with Crippen LogP contribution in [-0.2, 0) is 54.9 Å². The number of benzene rings is 15. The Kier molecular flexibility index (Phi) is 33.0. The fourth-order valence-electron chi connectivity index (χ4n) is 17.2. The molecule has 145 heavy (non-hydrogen) atoms. The van der Waals surface area contributed by atoms with Gasteiger partial charge in [-0.05, 0) is 217 Å². The van der Waals surface area contributed by atoms with Crippen molar-refractivity contribution in [3.8, 4) is 46.0 Å². The summed E-state index contributed by atoms with van der Waals surface area (Å²) >= 11 is 0. The summed E-state index contributed by atoms with van der Waals surface area (Å²) in [6, 6.07) is 108. The highest BCUT2D eigenvalue weighted by Gasteiger charge is 2.51. The molecule has 4 aliphatic heterocycles. The van der Waals surface area contributed by atoms with E-state index in [9.17, 15) is 72.3 Å². The Morgan fingerprint density at radius 2 is 0.697 bits per heavy atom. The number of phenolic OH excluding ortho intramolecular Hbond substituents is 4. The minimum Gasteiger partial charge on any atom is -0.508 e. The number of carbonyl (C=O) groups is 7. The first kappa shape index (κ1) is 100. The fourth-order valence-corrected chi connectivity index (χ4v) is 17.2. The van der Waals surface area contributed by atoms with Gasteiger partial charge in [0, 0.05) is 86.8 Å². The molecule has 9 atom stereocenters. The van der Waals surface area contributed by atoms with E-state index in [2.05, 4.69) is 0 Å². The molecule has 4 amide bonds. The summed E-state index contributed by atoms with van der Waals surface area (Å²) in [6.45, 7) is 1.32. The number of cyclic esters (lactones) is 4. The predicted octanol–water partition coefficient (Wildman–Crippen LogP) is 24.4. The van der Waals surface area contributed by atoms with Gasteiger partial charge in [0.2, 0.25) is 6.10 Å². The Balaban J connectivity index is 0.000000140. The number of aromatic hydroxyl groups is 4. The van der Waals surface area contributed by atoms with Crippen LogP contribution in [0.1, 0.15) is 127 Å². The number of anilines is 4. The number of allylic oxidation sites excluding steroid dienone is 1. The maximum absolute atomic E-state index is 13.4. The van der Waals surface area contributed by atoms with Crippen molar-refractivity contribution in [3.63, 3.8) is 0 Å². The Labute approximate surface area is 833 Å². The summed E-state index contributed by atoms with van der Waals surface area (Å²) in [6.07, 6.45) is -2.84. The number of amides is 4. The molecule has 0 aliphatic carbocycles. The monoisotopic (exact) mass is 1950 g/mol. The van der Waals surface area contributed by atoms with Gasteiger partial charge in [-0.1, -0.05) is 206 Å². The lowest BCUT2D eigenvalue weighted by molar-refractivity contribution is -0.149. The molecule has 28 heteroatoms. The second-order valence-electron chi connectivity index (χ2n) is 33.9. The van der Waals surface area contributed by atoms with E-state index < -0.39 is 96.7 Å². The van der Waals surface area contributed by atoms with E-state index in [0.717, 1.165) is 22.3 Å². The Morgan fingerprint density at radius 1 is 0.359 bits per heavy atom. The summed E-state index contributed by atoms with van der Waals surface area (Å²) in [5.41, 5.74) is 9.74. The van der Waals surface area contributed by atoms with Gasteiger partial charge in [0.1, 0.15) is 132 Å². The number of ketones is 2. The van der Waals surface area contributed by atoms with Crippen molar-refractivity contribution in [3.05, 3.63) is 479 Å². The van der Waals surface area contributed by atoms with Crippen LogP contribution in [0.4, 0.5) is 55.1 Å². The van der Waals surface area contributed by atoms with Crippen molar-refractivity contribution >= 4 is 64.7 Å². The molecule has 19 rings (SSSR count). The number of halogens is 3. The summed E-state index contributed by atoms with van der Waals surface area (Å²) in [5, 5.41) is 50.7. The third kappa shape index (κ3) is 25.3. The van der Waals surface area contributed by atoms with E-state index in [-0.39, 0.29) is 72.9 Å². The Morgan fingerprint density at radius 3 is 1.10 bits per heavy atom. The average Bonchev–Trinajstić information content (AvgIpc) is 1.64. The third-order valence-corrected chi connectivity index (χ3v) is 24.4. The zero-order chi connectivity index (χ0) is 101. The number of Topliss-reactive ketones (excluding diaryl/α,β-unsaturated/α-hetero) is 1. The molecule has 4 fully saturated rings. The van der Waals surface area contributed by atoms with Crippen LogP contribution < -0.4 is 38.5 Å². The highest BCUT2D eigenvalue weighted by atomic mass is 19.1. The number of phenols is 4. The molecule has 4 aliphatic rings. The van der Waals surface area contributed by atoms with Crippen LogP contribution in [0.3, 0.4) is 0 Å². The van der Waals surface area contributed by atoms with Crippen LogP contribution in [0.25, 0.3) is 0 Å². The van der Waals surface area contributed by atoms with E-state index in [1.165, 1.54) is 131 Å². The minimum absolute atomic E-state index is 0.0710. The SMILES string of the molecule is COC(=O)[C@H]1OC(=O)N(c2ccccc2)[C@@H]1c1ccc(OCc2ccccc2)cc1OCc1ccccc1.O=C(/C=C/[C@H]1OC(=O)N(c2ccccc2)[C@@H]1c1ccc(OCc2ccccc2)cc1OCc1ccccc1)c1ccc(F)cc1.O=C(CC[C@H]1OC(=O)N(c2ccccc2)[C@@H]1c1ccc(O)cc1O)c1ccc(F)cc1.O=C1O[C@H](CC[C@H](O)c2ccc(F)cc2)[C@@H](c2ccc(O)cc2O)N1c1ccccc1. The third-order valence-electron chi connectivity index (χ3n) is 24.4. The number of nitrogens with zero attached hydrogens (tertiary/aromatic N) is 4. The number of carbonyl (C=O) groups excluding carboxylic acids is 7. The molecule has 0 unspecified atom stereocenters. The second kappa shape index (κ2) is 47.8. The van der Waals surface area contributed by atoms with E-state index in [0.29, 0.717) is 104 Å². The standard InChI is InChI=1S/C38H30FNO5.C31H27NO6.C24H22FNO5.C24H20FNO5/c39-30-18-16-29(17-19-30)34(41)22-23-35-37(40(38(42)45-35)31-14-8-3-9-15-31)33-21-20-32(43-25-27-10-4-1-5-11-27)24-36(33)44-26-28-12-6-2-7-13-28;1-35-30(33)29-28(32(31(34)38-29)24-15-9-4-10-16-24)26-18-17-25(36-20-22-11-5-2-6-12-22)19-27(26)37-21-23-13-7-3-8-14-23;2*25-16-8-6-15(7-9-16)20(28)12-13-22-23(19-11-10-18(27)14-21(19)29)26(24(30)31-22)17-4-2-1-3-5-17/h1-24,35,37H,25-26H2;2-19,28-29H,20-21H2,1H3;1-11,14,20,22-23,27-29H,12-13H2;1-11,14,22-23,27,29H,12-13H2/b23-22+;;;/t35-,37-;28-,29+;20-,22+,23+;22-,23-/m1101/s1. The highest BCUT2D eigenvalue weighted by Crippen LogP contribution is 2.49. The first-order chi connectivity index (χ1) is 70.6. The van der Waals surface area contributed by atoms with Crippen LogP contribution in [0.15, 0.2) is 400 Å². The van der Waals surface area contributed by atoms with Crippen molar-refractivity contribution in [2.45, 2.75) is 107 Å². The number of hydrogen-bond acceptors (Lipinski definition) is 21. The average molecular weight is 1950 g/mol. The molecule has 0 spiro atoms. The highest BCUT2D eigenvalue weighted by molar-refractivity contribution is 6.05. The number of methoxy groups -OCH3 is 1. The van der Waals surface area contributed by atoms with Gasteiger partial charge in [-0.25, -0.2) is 37.1 Å². The number of aliphatic hydroxyl groups is 1. The number of ether oxygens (including phenoxy) is 9. The van der Waals surface area contributed by atoms with Gasteiger partial charge in [-0.15, -0.1) is 0 Å². The topological polar surface area (TPSA) is 317 Å². The fraction of sp³-hybridized carbons (Fsp3) is 0.154. The maximum atomic E-state index is 13.4. The molecule has 15 aromatic carbocycles. The van der Waals surface area contributed by atoms with Crippen molar-refractivity contribution in [2.24, 2.45) is 0 Å². The lowest BCUT2D eigenvalue weighted by Gasteiger charge is -2.26. The molecule has 25 nitrogen and oxygen atoms in total. The normalized spacial score (nSPS) is 17.3. The number of para-hydroxylation sites is 4. The number of rotatable bonds is 32. The van der Waals surface area contributed by atoms with Gasteiger partial charge in [0.15, 0.2) is 11.6 Å². The van der Waals surface area contributed by atoms with Gasteiger partial charge in [0.05, 0.1) is 13.2 Å². The van der Waals surface area contributed by atoms with Gasteiger partial charge >= 0.3 is 30.3 Å². The van der Waals surface area contributed by atoms with Gasteiger partial charge < -0.3 is 68.2 Å². The van der Waals surface area contributed by atoms with Crippen LogP contribution in [-0.4, -0.2) is 99.0 Å². The summed E-state index contributed by atoms with van der Waals surface area (Å²) < 4.78 is 92.1. The van der Waals surface area contributed by atoms with Gasteiger partial charge in [0.25, 0.3) is 0 Å². The molecule has 0 radical (unpaired) electrons. The molecule has 734 valence electrons. The van der Waals surface area contributed by atoms with Crippen molar-refractivity contribution in [1.29, 1.82) is 0 Å². The van der Waals surface area contributed by atoms with Crippen LogP contribution in [0.5, 0.6) is 46.0 Å². The van der Waals surface area contributed by atoms with Crippen molar-refractivity contribution < 1.29 is 115 Å². The molecule has 0 bridgehead atoms.